The standard InChI is InChI=1S/C23H24BrN7OS/c24-16-7-5-15(6-8-16)18-13-21(30-29-18)28-23-27-19(14-33-23)22(32)26-17-3-1-2-4-20(17)31-11-9-25-10-12-31/h1-8,13-14,23,25,27H,9-12H2,(H,26,32)(H2,28,29,30). The Kier molecular flexibility index (Phi) is 6.56. The molecule has 8 nitrogen and oxygen atoms in total. The van der Waals surface area contributed by atoms with Crippen molar-refractivity contribution in [3.05, 3.63) is 70.2 Å². The number of nitrogens with one attached hydrogen (secondary N) is 5. The van der Waals surface area contributed by atoms with E-state index in [4.69, 9.17) is 0 Å². The molecule has 3 aromatic rings. The summed E-state index contributed by atoms with van der Waals surface area (Å²) < 4.78 is 1.03. The fourth-order valence-electron chi connectivity index (χ4n) is 3.79. The number of rotatable bonds is 6. The zero-order valence-electron chi connectivity index (χ0n) is 17.8. The summed E-state index contributed by atoms with van der Waals surface area (Å²) in [6, 6.07) is 17.9. The molecule has 170 valence electrons. The molecule has 2 aromatic carbocycles. The van der Waals surface area contributed by atoms with E-state index in [1.165, 1.54) is 11.8 Å². The molecular formula is C23H24BrN7OS. The minimum atomic E-state index is -0.174. The number of thioether (sulfide) groups is 1. The van der Waals surface area contributed by atoms with Crippen molar-refractivity contribution in [2.45, 2.75) is 5.50 Å². The summed E-state index contributed by atoms with van der Waals surface area (Å²) in [6.45, 7) is 3.72. The van der Waals surface area contributed by atoms with Crippen LogP contribution in [0, 0.1) is 0 Å². The second-order valence-electron chi connectivity index (χ2n) is 7.72. The molecule has 2 aliphatic rings. The van der Waals surface area contributed by atoms with Crippen LogP contribution in [0.4, 0.5) is 17.2 Å². The van der Waals surface area contributed by atoms with Gasteiger partial charge in [-0.05, 0) is 24.3 Å². The van der Waals surface area contributed by atoms with Gasteiger partial charge in [0.2, 0.25) is 0 Å². The number of piperazine rings is 1. The molecule has 10 heteroatoms. The van der Waals surface area contributed by atoms with Gasteiger partial charge < -0.3 is 26.2 Å². The first-order chi connectivity index (χ1) is 16.2. The molecule has 0 saturated carbocycles. The predicted molar refractivity (Wildman–Crippen MR) is 138 cm³/mol. The maximum absolute atomic E-state index is 12.9. The zero-order valence-corrected chi connectivity index (χ0v) is 20.2. The second-order valence-corrected chi connectivity index (χ2v) is 9.61. The Hall–Kier alpha value is -2.95. The average Bonchev–Trinajstić information content (AvgIpc) is 3.51. The van der Waals surface area contributed by atoms with Gasteiger partial charge in [-0.15, -0.1) is 0 Å². The number of para-hydroxylation sites is 2. The third-order valence-corrected chi connectivity index (χ3v) is 6.88. The highest BCUT2D eigenvalue weighted by atomic mass is 79.9. The zero-order chi connectivity index (χ0) is 22.6. The van der Waals surface area contributed by atoms with Gasteiger partial charge in [0, 0.05) is 47.7 Å². The van der Waals surface area contributed by atoms with Crippen molar-refractivity contribution in [1.29, 1.82) is 0 Å². The van der Waals surface area contributed by atoms with E-state index in [1.807, 2.05) is 53.9 Å². The highest BCUT2D eigenvalue weighted by molar-refractivity contribution is 9.10. The van der Waals surface area contributed by atoms with Crippen LogP contribution >= 0.6 is 27.7 Å². The van der Waals surface area contributed by atoms with E-state index >= 15 is 0 Å². The van der Waals surface area contributed by atoms with Gasteiger partial charge in [-0.2, -0.15) is 5.10 Å². The summed E-state index contributed by atoms with van der Waals surface area (Å²) in [5, 5.41) is 22.2. The van der Waals surface area contributed by atoms with Crippen LogP contribution in [0.3, 0.4) is 0 Å². The summed E-state index contributed by atoms with van der Waals surface area (Å²) >= 11 is 4.95. The Bertz CT molecular complexity index is 1160. The molecule has 5 rings (SSSR count). The molecule has 33 heavy (non-hydrogen) atoms. The number of aromatic amines is 1. The minimum absolute atomic E-state index is 0.158. The van der Waals surface area contributed by atoms with Crippen molar-refractivity contribution >= 4 is 50.8 Å². The molecule has 1 atom stereocenters. The lowest BCUT2D eigenvalue weighted by atomic mass is 10.2. The van der Waals surface area contributed by atoms with Crippen molar-refractivity contribution in [1.82, 2.24) is 20.8 Å². The van der Waals surface area contributed by atoms with E-state index in [0.29, 0.717) is 5.70 Å². The van der Waals surface area contributed by atoms with Crippen molar-refractivity contribution in [2.75, 3.05) is 41.7 Å². The number of halogens is 1. The molecule has 1 unspecified atom stereocenters. The molecule has 1 amide bonds. The fourth-order valence-corrected chi connectivity index (χ4v) is 4.89. The van der Waals surface area contributed by atoms with Crippen molar-refractivity contribution in [3.63, 3.8) is 0 Å². The summed E-state index contributed by atoms with van der Waals surface area (Å²) in [5.41, 5.74) is 4.10. The SMILES string of the molecule is O=C(Nc1ccccc1N1CCNCC1)C1=CSC(Nc2cc(-c3ccc(Br)cc3)n[nH]2)N1. The van der Waals surface area contributed by atoms with E-state index in [1.54, 1.807) is 0 Å². The number of hydrogen-bond acceptors (Lipinski definition) is 7. The van der Waals surface area contributed by atoms with Crippen LogP contribution in [0.5, 0.6) is 0 Å². The lowest BCUT2D eigenvalue weighted by molar-refractivity contribution is -0.113. The normalized spacial score (nSPS) is 17.9. The maximum atomic E-state index is 12.9. The summed E-state index contributed by atoms with van der Waals surface area (Å²) in [5.74, 6) is 0.617. The van der Waals surface area contributed by atoms with E-state index < -0.39 is 0 Å². The van der Waals surface area contributed by atoms with Crippen molar-refractivity contribution < 1.29 is 4.79 Å². The Morgan fingerprint density at radius 1 is 1.12 bits per heavy atom. The Balaban J connectivity index is 1.19. The van der Waals surface area contributed by atoms with Crippen LogP contribution in [0.2, 0.25) is 0 Å². The molecule has 0 spiro atoms. The van der Waals surface area contributed by atoms with Gasteiger partial charge in [0.15, 0.2) is 5.50 Å². The number of benzene rings is 2. The number of amides is 1. The number of aromatic nitrogens is 2. The first kappa shape index (κ1) is 21.9. The molecule has 0 bridgehead atoms. The van der Waals surface area contributed by atoms with Crippen LogP contribution in [-0.2, 0) is 4.79 Å². The molecule has 2 aliphatic heterocycles. The molecule has 3 heterocycles. The molecule has 5 N–H and O–H groups in total. The number of anilines is 3. The summed E-state index contributed by atoms with van der Waals surface area (Å²) in [4.78, 5) is 15.2. The van der Waals surface area contributed by atoms with Crippen LogP contribution < -0.4 is 26.2 Å². The monoisotopic (exact) mass is 525 g/mol. The smallest absolute Gasteiger partial charge is 0.272 e. The van der Waals surface area contributed by atoms with Crippen molar-refractivity contribution in [3.8, 4) is 11.3 Å². The molecular weight excluding hydrogens is 502 g/mol. The fraction of sp³-hybridized carbons (Fsp3) is 0.217. The number of H-pyrrole nitrogens is 1. The number of carbonyl (C=O) groups is 1. The lowest BCUT2D eigenvalue weighted by Crippen LogP contribution is -2.43. The van der Waals surface area contributed by atoms with Crippen LogP contribution in [0.25, 0.3) is 11.3 Å². The van der Waals surface area contributed by atoms with Gasteiger partial charge in [0.1, 0.15) is 11.5 Å². The lowest BCUT2D eigenvalue weighted by Gasteiger charge is -2.31. The molecule has 1 saturated heterocycles. The third-order valence-electron chi connectivity index (χ3n) is 5.47. The van der Waals surface area contributed by atoms with Crippen molar-refractivity contribution in [2.24, 2.45) is 0 Å². The van der Waals surface area contributed by atoms with Gasteiger partial charge in [0.05, 0.1) is 17.1 Å². The van der Waals surface area contributed by atoms with Gasteiger partial charge in [-0.1, -0.05) is 52.0 Å². The van der Waals surface area contributed by atoms with Gasteiger partial charge in [-0.3, -0.25) is 9.89 Å². The molecule has 0 aliphatic carbocycles. The highest BCUT2D eigenvalue weighted by Gasteiger charge is 2.23. The molecule has 1 aromatic heterocycles. The Morgan fingerprint density at radius 3 is 2.73 bits per heavy atom. The first-order valence-electron chi connectivity index (χ1n) is 10.7. The van der Waals surface area contributed by atoms with Gasteiger partial charge in [0.25, 0.3) is 5.91 Å². The van der Waals surface area contributed by atoms with E-state index in [9.17, 15) is 4.79 Å². The van der Waals surface area contributed by atoms with Crippen LogP contribution in [-0.4, -0.2) is 47.8 Å². The number of nitrogens with zero attached hydrogens (tertiary/aromatic N) is 2. The number of carbonyl (C=O) groups excluding carboxylic acids is 1. The topological polar surface area (TPSA) is 97.1 Å². The number of hydrogen-bond donors (Lipinski definition) is 5. The van der Waals surface area contributed by atoms with Crippen LogP contribution in [0.15, 0.2) is 70.2 Å². The minimum Gasteiger partial charge on any atom is -0.367 e. The Morgan fingerprint density at radius 2 is 1.91 bits per heavy atom. The first-order valence-corrected chi connectivity index (χ1v) is 12.5. The predicted octanol–water partition coefficient (Wildman–Crippen LogP) is 3.76. The van der Waals surface area contributed by atoms with Gasteiger partial charge in [-0.25, -0.2) is 0 Å². The summed E-state index contributed by atoms with van der Waals surface area (Å²) in [6.07, 6.45) is 0. The summed E-state index contributed by atoms with van der Waals surface area (Å²) in [7, 11) is 0. The molecule has 0 radical (unpaired) electrons. The second kappa shape index (κ2) is 9.90. The average molecular weight is 526 g/mol. The van der Waals surface area contributed by atoms with Crippen LogP contribution in [0.1, 0.15) is 0 Å². The van der Waals surface area contributed by atoms with E-state index in [2.05, 4.69) is 58.4 Å². The maximum Gasteiger partial charge on any atom is 0.272 e. The van der Waals surface area contributed by atoms with E-state index in [-0.39, 0.29) is 11.4 Å². The highest BCUT2D eigenvalue weighted by Crippen LogP contribution is 2.29. The Labute approximate surface area is 204 Å². The van der Waals surface area contributed by atoms with Gasteiger partial charge >= 0.3 is 0 Å². The molecule has 1 fully saturated rings. The van der Waals surface area contributed by atoms with E-state index in [0.717, 1.165) is 59.1 Å². The quantitative estimate of drug-likeness (QED) is 0.334. The third kappa shape index (κ3) is 5.18. The largest absolute Gasteiger partial charge is 0.367 e.